The van der Waals surface area contributed by atoms with E-state index in [0.29, 0.717) is 12.4 Å². The van der Waals surface area contributed by atoms with Crippen LogP contribution in [0.3, 0.4) is 0 Å². The zero-order chi connectivity index (χ0) is 12.4. The maximum absolute atomic E-state index is 13.0. The van der Waals surface area contributed by atoms with Crippen molar-refractivity contribution in [3.8, 4) is 0 Å². The minimum Gasteiger partial charge on any atom is -0.380 e. The highest BCUT2D eigenvalue weighted by molar-refractivity contribution is 5.24. The summed E-state index contributed by atoms with van der Waals surface area (Å²) in [5.41, 5.74) is 0.156. The summed E-state index contributed by atoms with van der Waals surface area (Å²) in [6.45, 7) is 2.52. The van der Waals surface area contributed by atoms with Crippen molar-refractivity contribution < 1.29 is 13.9 Å². The lowest BCUT2D eigenvalue weighted by molar-refractivity contribution is 0.204. The topological polar surface area (TPSA) is 38.0 Å². The van der Waals surface area contributed by atoms with Crippen LogP contribution in [-0.4, -0.2) is 14.7 Å². The number of aromatic nitrogens is 2. The number of rotatable bonds is 3. The maximum Gasteiger partial charge on any atom is 0.142 e. The van der Waals surface area contributed by atoms with E-state index in [1.807, 2.05) is 6.92 Å². The fourth-order valence-corrected chi connectivity index (χ4v) is 1.72. The second-order valence-electron chi connectivity index (χ2n) is 3.68. The van der Waals surface area contributed by atoms with Crippen LogP contribution in [0.1, 0.15) is 24.4 Å². The first-order valence-corrected chi connectivity index (χ1v) is 5.27. The van der Waals surface area contributed by atoms with Crippen LogP contribution in [0, 0.1) is 11.6 Å². The first kappa shape index (κ1) is 11.7. The van der Waals surface area contributed by atoms with Crippen molar-refractivity contribution in [3.05, 3.63) is 53.6 Å². The van der Waals surface area contributed by atoms with Crippen LogP contribution in [0.4, 0.5) is 8.78 Å². The van der Waals surface area contributed by atoms with E-state index in [2.05, 4.69) is 4.98 Å². The Kier molecular flexibility index (Phi) is 3.19. The first-order valence-electron chi connectivity index (χ1n) is 5.27. The van der Waals surface area contributed by atoms with Crippen molar-refractivity contribution in [1.82, 2.24) is 9.55 Å². The molecule has 1 atom stereocenters. The van der Waals surface area contributed by atoms with E-state index in [4.69, 9.17) is 0 Å². The summed E-state index contributed by atoms with van der Waals surface area (Å²) in [6.07, 6.45) is 2.11. The van der Waals surface area contributed by atoms with E-state index >= 15 is 0 Å². The summed E-state index contributed by atoms with van der Waals surface area (Å²) >= 11 is 0. The molecule has 0 spiro atoms. The van der Waals surface area contributed by atoms with Gasteiger partial charge in [-0.3, -0.25) is 0 Å². The smallest absolute Gasteiger partial charge is 0.142 e. The number of nitrogens with zero attached hydrogens (tertiary/aromatic N) is 2. The fraction of sp³-hybridized carbons (Fsp3) is 0.250. The van der Waals surface area contributed by atoms with Crippen molar-refractivity contribution in [2.24, 2.45) is 0 Å². The minimum atomic E-state index is -1.13. The molecule has 3 nitrogen and oxygen atoms in total. The van der Waals surface area contributed by atoms with E-state index in [-0.39, 0.29) is 5.56 Å². The van der Waals surface area contributed by atoms with Gasteiger partial charge in [0.1, 0.15) is 23.6 Å². The Labute approximate surface area is 97.3 Å². The summed E-state index contributed by atoms with van der Waals surface area (Å²) in [4.78, 5) is 3.99. The molecule has 0 fully saturated rings. The molecule has 1 N–H and O–H groups in total. The average molecular weight is 238 g/mol. The predicted molar refractivity (Wildman–Crippen MR) is 58.3 cm³/mol. The second-order valence-corrected chi connectivity index (χ2v) is 3.68. The molecule has 5 heteroatoms. The SMILES string of the molecule is CCn1ccnc1C(O)c1cc(F)cc(F)c1. The molecule has 1 unspecified atom stereocenters. The van der Waals surface area contributed by atoms with Gasteiger partial charge in [0.25, 0.3) is 0 Å². The standard InChI is InChI=1S/C12H12F2N2O/c1-2-16-4-3-15-12(16)11(17)8-5-9(13)7-10(14)6-8/h3-7,11,17H,2H2,1H3. The Hall–Kier alpha value is -1.75. The lowest BCUT2D eigenvalue weighted by Gasteiger charge is -2.12. The van der Waals surface area contributed by atoms with Gasteiger partial charge in [-0.05, 0) is 24.6 Å². The molecule has 17 heavy (non-hydrogen) atoms. The van der Waals surface area contributed by atoms with E-state index in [0.717, 1.165) is 18.2 Å². The zero-order valence-electron chi connectivity index (χ0n) is 9.27. The molecule has 0 saturated carbocycles. The second kappa shape index (κ2) is 4.63. The molecule has 90 valence electrons. The van der Waals surface area contributed by atoms with Gasteiger partial charge in [-0.1, -0.05) is 0 Å². The van der Waals surface area contributed by atoms with Crippen LogP contribution in [0.5, 0.6) is 0 Å². The summed E-state index contributed by atoms with van der Waals surface area (Å²) in [7, 11) is 0. The molecule has 0 bridgehead atoms. The van der Waals surface area contributed by atoms with Crippen LogP contribution in [0.25, 0.3) is 0 Å². The Bertz CT molecular complexity index is 505. The predicted octanol–water partition coefficient (Wildman–Crippen LogP) is 2.26. The van der Waals surface area contributed by atoms with Crippen LogP contribution < -0.4 is 0 Å². The molecule has 0 amide bonds. The van der Waals surface area contributed by atoms with Gasteiger partial charge < -0.3 is 9.67 Å². The molecular weight excluding hydrogens is 226 g/mol. The van der Waals surface area contributed by atoms with Crippen molar-refractivity contribution >= 4 is 0 Å². The Morgan fingerprint density at radius 1 is 1.29 bits per heavy atom. The van der Waals surface area contributed by atoms with Gasteiger partial charge in [0, 0.05) is 25.0 Å². The molecule has 0 aliphatic carbocycles. The average Bonchev–Trinajstić information content (AvgIpc) is 2.74. The first-order chi connectivity index (χ1) is 8.11. The maximum atomic E-state index is 13.0. The van der Waals surface area contributed by atoms with Crippen molar-refractivity contribution in [1.29, 1.82) is 0 Å². The molecule has 1 heterocycles. The summed E-state index contributed by atoms with van der Waals surface area (Å²) < 4.78 is 27.8. The van der Waals surface area contributed by atoms with Gasteiger partial charge >= 0.3 is 0 Å². The number of hydrogen-bond donors (Lipinski definition) is 1. The quantitative estimate of drug-likeness (QED) is 0.890. The van der Waals surface area contributed by atoms with Gasteiger partial charge in [-0.15, -0.1) is 0 Å². The molecule has 0 aliphatic rings. The molecule has 0 saturated heterocycles. The third-order valence-electron chi connectivity index (χ3n) is 2.53. The molecule has 2 aromatic rings. The zero-order valence-corrected chi connectivity index (χ0v) is 9.27. The molecule has 0 aliphatic heterocycles. The molecule has 2 rings (SSSR count). The van der Waals surface area contributed by atoms with E-state index in [9.17, 15) is 13.9 Å². The van der Waals surface area contributed by atoms with Gasteiger partial charge in [-0.2, -0.15) is 0 Å². The highest BCUT2D eigenvalue weighted by Crippen LogP contribution is 2.22. The minimum absolute atomic E-state index is 0.156. The van der Waals surface area contributed by atoms with E-state index in [1.165, 1.54) is 6.20 Å². The van der Waals surface area contributed by atoms with Gasteiger partial charge in [-0.25, -0.2) is 13.8 Å². The number of imidazole rings is 1. The molecular formula is C12H12F2N2O. The Morgan fingerprint density at radius 3 is 2.53 bits per heavy atom. The van der Waals surface area contributed by atoms with Gasteiger partial charge in [0.15, 0.2) is 0 Å². The summed E-state index contributed by atoms with van der Waals surface area (Å²) in [6, 6.07) is 2.97. The largest absolute Gasteiger partial charge is 0.380 e. The van der Waals surface area contributed by atoms with Crippen LogP contribution in [-0.2, 0) is 6.54 Å². The van der Waals surface area contributed by atoms with E-state index < -0.39 is 17.7 Å². The summed E-state index contributed by atoms with van der Waals surface area (Å²) in [5, 5.41) is 10.0. The monoisotopic (exact) mass is 238 g/mol. The van der Waals surface area contributed by atoms with Gasteiger partial charge in [0.2, 0.25) is 0 Å². The lowest BCUT2D eigenvalue weighted by Crippen LogP contribution is -2.09. The van der Waals surface area contributed by atoms with Gasteiger partial charge in [0.05, 0.1) is 0 Å². The number of aliphatic hydroxyl groups is 1. The number of aliphatic hydroxyl groups excluding tert-OH is 1. The third-order valence-corrected chi connectivity index (χ3v) is 2.53. The van der Waals surface area contributed by atoms with Crippen molar-refractivity contribution in [2.75, 3.05) is 0 Å². The molecule has 1 aromatic carbocycles. The number of halogens is 2. The van der Waals surface area contributed by atoms with Crippen LogP contribution in [0.15, 0.2) is 30.6 Å². The van der Waals surface area contributed by atoms with Crippen molar-refractivity contribution in [2.45, 2.75) is 19.6 Å². The Balaban J connectivity index is 2.39. The molecule has 1 aromatic heterocycles. The van der Waals surface area contributed by atoms with Crippen LogP contribution >= 0.6 is 0 Å². The van der Waals surface area contributed by atoms with Crippen molar-refractivity contribution in [3.63, 3.8) is 0 Å². The number of hydrogen-bond acceptors (Lipinski definition) is 2. The third kappa shape index (κ3) is 2.34. The normalized spacial score (nSPS) is 12.7. The summed E-state index contributed by atoms with van der Waals surface area (Å²) in [5.74, 6) is -1.06. The lowest BCUT2D eigenvalue weighted by atomic mass is 10.1. The number of benzene rings is 1. The highest BCUT2D eigenvalue weighted by Gasteiger charge is 2.17. The van der Waals surface area contributed by atoms with Crippen LogP contribution in [0.2, 0.25) is 0 Å². The van der Waals surface area contributed by atoms with E-state index in [1.54, 1.807) is 10.8 Å². The number of aryl methyl sites for hydroxylation is 1. The molecule has 0 radical (unpaired) electrons. The fourth-order valence-electron chi connectivity index (χ4n) is 1.72. The highest BCUT2D eigenvalue weighted by atomic mass is 19.1. The Morgan fingerprint density at radius 2 is 1.94 bits per heavy atom.